The molecule has 146 valence electrons. The van der Waals surface area contributed by atoms with Crippen LogP contribution >= 0.6 is 11.3 Å². The van der Waals surface area contributed by atoms with Crippen molar-refractivity contribution in [3.05, 3.63) is 88.7 Å². The van der Waals surface area contributed by atoms with Crippen LogP contribution in [0.25, 0.3) is 10.2 Å². The molecule has 0 saturated carbocycles. The number of methoxy groups -OCH3 is 1. The van der Waals surface area contributed by atoms with Crippen LogP contribution in [0.5, 0.6) is 11.5 Å². The lowest BCUT2D eigenvalue weighted by molar-refractivity contribution is 0.284. The lowest BCUT2D eigenvalue weighted by Gasteiger charge is -2.11. The molecule has 6 heteroatoms. The highest BCUT2D eigenvalue weighted by atomic mass is 32.1. The first-order valence-corrected chi connectivity index (χ1v) is 10.0. The van der Waals surface area contributed by atoms with Crippen LogP contribution in [0.15, 0.2) is 83.0 Å². The maximum Gasteiger partial charge on any atom is 0.211 e. The molecule has 0 bridgehead atoms. The van der Waals surface area contributed by atoms with Gasteiger partial charge in [-0.2, -0.15) is 5.10 Å². The summed E-state index contributed by atoms with van der Waals surface area (Å²) in [6, 6.07) is 24.0. The van der Waals surface area contributed by atoms with Gasteiger partial charge in [0.25, 0.3) is 0 Å². The molecular weight excluding hydrogens is 382 g/mol. The van der Waals surface area contributed by atoms with Gasteiger partial charge in [0, 0.05) is 7.05 Å². The van der Waals surface area contributed by atoms with Crippen molar-refractivity contribution in [3.63, 3.8) is 0 Å². The Kier molecular flexibility index (Phi) is 5.72. The maximum absolute atomic E-state index is 5.90. The van der Waals surface area contributed by atoms with Crippen LogP contribution < -0.4 is 14.3 Å². The van der Waals surface area contributed by atoms with Crippen LogP contribution in [-0.2, 0) is 13.7 Å². The van der Waals surface area contributed by atoms with E-state index in [9.17, 15) is 0 Å². The molecule has 4 rings (SSSR count). The summed E-state index contributed by atoms with van der Waals surface area (Å²) in [5.41, 5.74) is 3.14. The Morgan fingerprint density at radius 1 is 0.966 bits per heavy atom. The molecule has 0 fully saturated rings. The smallest absolute Gasteiger partial charge is 0.211 e. The van der Waals surface area contributed by atoms with Crippen molar-refractivity contribution in [2.75, 3.05) is 7.11 Å². The van der Waals surface area contributed by atoms with E-state index in [2.05, 4.69) is 22.3 Å². The van der Waals surface area contributed by atoms with E-state index in [1.54, 1.807) is 24.7 Å². The van der Waals surface area contributed by atoms with Gasteiger partial charge >= 0.3 is 0 Å². The monoisotopic (exact) mass is 403 g/mol. The van der Waals surface area contributed by atoms with E-state index in [0.717, 1.165) is 21.4 Å². The highest BCUT2D eigenvalue weighted by Crippen LogP contribution is 2.28. The van der Waals surface area contributed by atoms with Crippen molar-refractivity contribution in [1.82, 2.24) is 4.57 Å². The largest absolute Gasteiger partial charge is 0.493 e. The number of fused-ring (bicyclic) bond motifs is 1. The predicted octanol–water partition coefficient (Wildman–Crippen LogP) is 4.76. The summed E-state index contributed by atoms with van der Waals surface area (Å²) in [4.78, 5) is 0.845. The van der Waals surface area contributed by atoms with Crippen LogP contribution in [0.4, 0.5) is 0 Å². The Labute approximate surface area is 173 Å². The summed E-state index contributed by atoms with van der Waals surface area (Å²) < 4.78 is 14.6. The quantitative estimate of drug-likeness (QED) is 0.344. The normalized spacial score (nSPS) is 12.0. The topological polar surface area (TPSA) is 48.1 Å². The standard InChI is InChI=1S/C23H21N3O2S/c1-26-19-10-6-7-11-22(19)29-23(26)25-24-15-18-12-13-20(21(14-18)27-2)28-16-17-8-4-3-5-9-17/h3-15H,16H2,1-2H3. The lowest BCUT2D eigenvalue weighted by Crippen LogP contribution is -2.08. The average Bonchev–Trinajstić information content (AvgIpc) is 3.09. The number of hydrogen-bond acceptors (Lipinski definition) is 5. The number of aromatic nitrogens is 1. The van der Waals surface area contributed by atoms with Crippen LogP contribution in [0.1, 0.15) is 11.1 Å². The molecule has 0 aliphatic carbocycles. The number of benzene rings is 3. The SMILES string of the molecule is COc1cc(C=NN=c2sc3ccccc3n2C)ccc1OCc1ccccc1. The first kappa shape index (κ1) is 19.0. The lowest BCUT2D eigenvalue weighted by atomic mass is 10.2. The first-order valence-electron chi connectivity index (χ1n) is 9.21. The Bertz CT molecular complexity index is 1210. The minimum absolute atomic E-state index is 0.488. The zero-order valence-electron chi connectivity index (χ0n) is 16.3. The number of nitrogens with zero attached hydrogens (tertiary/aromatic N) is 3. The third kappa shape index (κ3) is 4.38. The fourth-order valence-corrected chi connectivity index (χ4v) is 3.92. The van der Waals surface area contributed by atoms with E-state index in [4.69, 9.17) is 9.47 Å². The Hall–Kier alpha value is -3.38. The number of ether oxygens (including phenoxy) is 2. The maximum atomic E-state index is 5.90. The van der Waals surface area contributed by atoms with Gasteiger partial charge in [-0.1, -0.05) is 53.8 Å². The van der Waals surface area contributed by atoms with Crippen LogP contribution in [0.2, 0.25) is 0 Å². The zero-order valence-corrected chi connectivity index (χ0v) is 17.1. The fourth-order valence-electron chi connectivity index (χ4n) is 2.94. The molecule has 3 aromatic carbocycles. The van der Waals surface area contributed by atoms with Crippen LogP contribution in [0, 0.1) is 0 Å². The number of thiazole rings is 1. The van der Waals surface area contributed by atoms with E-state index < -0.39 is 0 Å². The van der Waals surface area contributed by atoms with Crippen LogP contribution in [0.3, 0.4) is 0 Å². The number of para-hydroxylation sites is 1. The summed E-state index contributed by atoms with van der Waals surface area (Å²) >= 11 is 1.61. The molecule has 0 saturated heterocycles. The molecule has 1 aromatic heterocycles. The molecule has 29 heavy (non-hydrogen) atoms. The number of aryl methyl sites for hydroxylation is 1. The van der Waals surface area contributed by atoms with Gasteiger partial charge in [0.1, 0.15) is 6.61 Å². The molecule has 0 aliphatic heterocycles. The second-order valence-electron chi connectivity index (χ2n) is 6.44. The zero-order chi connectivity index (χ0) is 20.1. The Balaban J connectivity index is 1.52. The molecule has 0 atom stereocenters. The minimum atomic E-state index is 0.488. The number of rotatable bonds is 6. The van der Waals surface area contributed by atoms with E-state index in [1.807, 2.05) is 72.3 Å². The van der Waals surface area contributed by atoms with E-state index in [-0.39, 0.29) is 0 Å². The first-order chi connectivity index (χ1) is 14.2. The van der Waals surface area contributed by atoms with Crippen molar-refractivity contribution in [2.45, 2.75) is 6.61 Å². The van der Waals surface area contributed by atoms with Gasteiger partial charge in [0.2, 0.25) is 4.80 Å². The molecule has 0 unspecified atom stereocenters. The Morgan fingerprint density at radius 2 is 1.76 bits per heavy atom. The second-order valence-corrected chi connectivity index (χ2v) is 7.45. The van der Waals surface area contributed by atoms with Gasteiger partial charge in [-0.3, -0.25) is 0 Å². The summed E-state index contributed by atoms with van der Waals surface area (Å²) in [5, 5.41) is 8.63. The molecule has 0 amide bonds. The Morgan fingerprint density at radius 3 is 2.55 bits per heavy atom. The minimum Gasteiger partial charge on any atom is -0.493 e. The highest BCUT2D eigenvalue weighted by molar-refractivity contribution is 7.16. The summed E-state index contributed by atoms with van der Waals surface area (Å²) in [5.74, 6) is 1.36. The second kappa shape index (κ2) is 8.75. The van der Waals surface area contributed by atoms with Gasteiger partial charge in [0.05, 0.1) is 23.5 Å². The van der Waals surface area contributed by atoms with Gasteiger partial charge in [-0.05, 0) is 41.5 Å². The molecule has 4 aromatic rings. The van der Waals surface area contributed by atoms with E-state index in [0.29, 0.717) is 18.1 Å². The molecule has 0 aliphatic rings. The fraction of sp³-hybridized carbons (Fsp3) is 0.130. The van der Waals surface area contributed by atoms with Crippen molar-refractivity contribution >= 4 is 27.8 Å². The predicted molar refractivity (Wildman–Crippen MR) is 118 cm³/mol. The van der Waals surface area contributed by atoms with Gasteiger partial charge in [0.15, 0.2) is 11.5 Å². The molecule has 0 N–H and O–H groups in total. The van der Waals surface area contributed by atoms with Crippen molar-refractivity contribution < 1.29 is 9.47 Å². The molecule has 0 spiro atoms. The average molecular weight is 404 g/mol. The summed E-state index contributed by atoms with van der Waals surface area (Å²) in [7, 11) is 3.63. The molecule has 1 heterocycles. The molecule has 5 nitrogen and oxygen atoms in total. The van der Waals surface area contributed by atoms with Gasteiger partial charge < -0.3 is 14.0 Å². The number of hydrogen-bond donors (Lipinski definition) is 0. The van der Waals surface area contributed by atoms with E-state index in [1.165, 1.54) is 4.70 Å². The van der Waals surface area contributed by atoms with Gasteiger partial charge in [-0.15, -0.1) is 5.10 Å². The molecular formula is C23H21N3O2S. The van der Waals surface area contributed by atoms with Gasteiger partial charge in [-0.25, -0.2) is 0 Å². The summed E-state index contributed by atoms with van der Waals surface area (Å²) in [6.07, 6.45) is 1.72. The molecule has 0 radical (unpaired) electrons. The van der Waals surface area contributed by atoms with Crippen LogP contribution in [-0.4, -0.2) is 17.9 Å². The van der Waals surface area contributed by atoms with Crippen molar-refractivity contribution in [3.8, 4) is 11.5 Å². The van der Waals surface area contributed by atoms with E-state index >= 15 is 0 Å². The third-order valence-electron chi connectivity index (χ3n) is 4.49. The highest BCUT2D eigenvalue weighted by Gasteiger charge is 2.06. The third-order valence-corrected chi connectivity index (χ3v) is 5.59. The summed E-state index contributed by atoms with van der Waals surface area (Å²) in [6.45, 7) is 0.488. The van der Waals surface area contributed by atoms with Crippen molar-refractivity contribution in [2.24, 2.45) is 17.3 Å². The van der Waals surface area contributed by atoms with Crippen molar-refractivity contribution in [1.29, 1.82) is 0 Å².